The molecule has 10 rings (SSSR count). The Hall–Kier alpha value is -5.38. The SMILES string of the molecule is Cc1cc(-n2nc3c(c2-n2ccn(-c4ccc5c(cnn5C)c4F)c2=O)[C@@H]2CC[C@H](C3)N2S(=O)(=O)c2cc3cc(C4CCOC(C)(C)C4)ccc3[nH]2)cc(C)c1F. The average molecular weight is 793 g/mol. The molecule has 2 saturated heterocycles. The number of nitrogens with one attached hydrogen (secondary N) is 1. The zero-order valence-electron chi connectivity index (χ0n) is 32.3. The third-order valence-electron chi connectivity index (χ3n) is 12.3. The number of H-pyrrole nitrogens is 1. The maximum absolute atomic E-state index is 16.0. The number of imidazole rings is 1. The Labute approximate surface area is 327 Å². The molecule has 7 heterocycles. The fourth-order valence-electron chi connectivity index (χ4n) is 9.56. The Morgan fingerprint density at radius 3 is 2.49 bits per heavy atom. The largest absolute Gasteiger partial charge is 0.376 e. The first-order chi connectivity index (χ1) is 27.2. The molecule has 57 heavy (non-hydrogen) atoms. The molecule has 0 saturated carbocycles. The lowest BCUT2D eigenvalue weighted by Gasteiger charge is -2.35. The maximum Gasteiger partial charge on any atom is 0.338 e. The molecule has 3 aromatic carbocycles. The van der Waals surface area contributed by atoms with Crippen LogP contribution in [0.2, 0.25) is 0 Å². The summed E-state index contributed by atoms with van der Waals surface area (Å²) in [6.07, 6.45) is 7.65. The topological polar surface area (TPSA) is 125 Å². The van der Waals surface area contributed by atoms with Gasteiger partial charge in [0.05, 0.1) is 45.8 Å². The highest BCUT2D eigenvalue weighted by Gasteiger charge is 2.50. The van der Waals surface area contributed by atoms with Crippen LogP contribution < -0.4 is 5.69 Å². The van der Waals surface area contributed by atoms with Crippen LogP contribution in [0.3, 0.4) is 0 Å². The maximum atomic E-state index is 16.0. The minimum atomic E-state index is -4.08. The van der Waals surface area contributed by atoms with Crippen molar-refractivity contribution in [3.05, 3.63) is 117 Å². The molecule has 3 atom stereocenters. The van der Waals surface area contributed by atoms with Crippen LogP contribution in [0.4, 0.5) is 8.78 Å². The van der Waals surface area contributed by atoms with Crippen molar-refractivity contribution < 1.29 is 21.9 Å². The molecule has 12 nitrogen and oxygen atoms in total. The zero-order chi connectivity index (χ0) is 39.7. The molecule has 0 spiro atoms. The summed E-state index contributed by atoms with van der Waals surface area (Å²) in [4.78, 5) is 17.7. The second-order valence-electron chi connectivity index (χ2n) is 16.5. The van der Waals surface area contributed by atoms with Crippen molar-refractivity contribution in [1.29, 1.82) is 0 Å². The van der Waals surface area contributed by atoms with E-state index in [0.29, 0.717) is 71.2 Å². The van der Waals surface area contributed by atoms with Gasteiger partial charge in [-0.3, -0.25) is 13.8 Å². The van der Waals surface area contributed by atoms with Crippen molar-refractivity contribution in [3.63, 3.8) is 0 Å². The summed E-state index contributed by atoms with van der Waals surface area (Å²) in [5, 5.41) is 10.4. The van der Waals surface area contributed by atoms with Gasteiger partial charge in [0.15, 0.2) is 5.82 Å². The van der Waals surface area contributed by atoms with Crippen LogP contribution in [0.5, 0.6) is 0 Å². The van der Waals surface area contributed by atoms with Crippen LogP contribution in [0.1, 0.15) is 79.4 Å². The molecule has 2 bridgehead atoms. The Bertz CT molecular complexity index is 2950. The molecule has 3 aliphatic heterocycles. The number of rotatable bonds is 6. The van der Waals surface area contributed by atoms with E-state index in [9.17, 15) is 17.6 Å². The van der Waals surface area contributed by atoms with Gasteiger partial charge in [0, 0.05) is 55.0 Å². The van der Waals surface area contributed by atoms with Gasteiger partial charge < -0.3 is 9.72 Å². The number of fused-ring (bicyclic) bond motifs is 6. The Balaban J connectivity index is 1.09. The molecule has 1 N–H and O–H groups in total. The standard InChI is InChI=1S/C42H42F2N8O4S/c1-23-16-29(17-24(2)38(23)43)51-40(50-14-13-49(41(50)53)35-11-10-33-30(39(35)44)22-45-48(33)5)37-32(47-51)20-28-7-9-34(37)52(28)57(54,55)36-19-27-18-25(6-8-31(27)46-36)26-12-15-56-42(3,4)21-26/h6,8,10-11,13-14,16-19,22,26,28,34,46H,7,9,12,15,20-21H2,1-5H3/t26?,28-,34+/m1/s1. The number of hydrogen-bond acceptors (Lipinski definition) is 6. The number of halogens is 2. The van der Waals surface area contributed by atoms with Gasteiger partial charge in [-0.15, -0.1) is 0 Å². The summed E-state index contributed by atoms with van der Waals surface area (Å²) in [5.41, 5.74) is 4.27. The van der Waals surface area contributed by atoms with Crippen LogP contribution in [-0.2, 0) is 28.2 Å². The Morgan fingerprint density at radius 2 is 1.72 bits per heavy atom. The Kier molecular flexibility index (Phi) is 7.93. The molecular weight excluding hydrogens is 751 g/mol. The van der Waals surface area contributed by atoms with E-state index in [1.807, 2.05) is 6.07 Å². The van der Waals surface area contributed by atoms with Gasteiger partial charge in [-0.2, -0.15) is 14.5 Å². The van der Waals surface area contributed by atoms with Crippen molar-refractivity contribution in [2.45, 2.75) is 88.4 Å². The number of ether oxygens (including phenoxy) is 1. The summed E-state index contributed by atoms with van der Waals surface area (Å²) in [6, 6.07) is 13.4. The molecule has 0 amide bonds. The van der Waals surface area contributed by atoms with Gasteiger partial charge in [-0.05, 0) is 118 Å². The molecule has 2 fully saturated rings. The van der Waals surface area contributed by atoms with Gasteiger partial charge >= 0.3 is 5.69 Å². The first-order valence-electron chi connectivity index (χ1n) is 19.3. The van der Waals surface area contributed by atoms with Crippen LogP contribution in [-0.4, -0.2) is 64.7 Å². The van der Waals surface area contributed by atoms with Crippen molar-refractivity contribution in [2.24, 2.45) is 7.05 Å². The van der Waals surface area contributed by atoms with Crippen molar-refractivity contribution in [2.75, 3.05) is 6.61 Å². The number of benzene rings is 3. The van der Waals surface area contributed by atoms with Crippen molar-refractivity contribution in [1.82, 2.24) is 38.0 Å². The highest BCUT2D eigenvalue weighted by Crippen LogP contribution is 2.49. The lowest BCUT2D eigenvalue weighted by molar-refractivity contribution is -0.0592. The fourth-order valence-corrected chi connectivity index (χ4v) is 11.4. The molecule has 3 aliphatic rings. The molecule has 0 aliphatic carbocycles. The number of hydrogen-bond donors (Lipinski definition) is 1. The van der Waals surface area contributed by atoms with Crippen molar-refractivity contribution >= 4 is 31.8 Å². The van der Waals surface area contributed by atoms with E-state index in [4.69, 9.17) is 9.84 Å². The fraction of sp³-hybridized carbons (Fsp3) is 0.357. The van der Waals surface area contributed by atoms with E-state index in [1.54, 1.807) is 65.0 Å². The molecule has 15 heteroatoms. The van der Waals surface area contributed by atoms with Gasteiger partial charge in [0.2, 0.25) is 0 Å². The predicted molar refractivity (Wildman–Crippen MR) is 211 cm³/mol. The van der Waals surface area contributed by atoms with Crippen molar-refractivity contribution in [3.8, 4) is 17.2 Å². The van der Waals surface area contributed by atoms with Crippen LogP contribution >= 0.6 is 0 Å². The van der Waals surface area contributed by atoms with E-state index < -0.39 is 27.6 Å². The summed E-state index contributed by atoms with van der Waals surface area (Å²) in [7, 11) is -2.37. The van der Waals surface area contributed by atoms with Gasteiger partial charge in [0.1, 0.15) is 16.7 Å². The molecule has 4 aromatic heterocycles. The summed E-state index contributed by atoms with van der Waals surface area (Å²) >= 11 is 0. The first-order valence-corrected chi connectivity index (χ1v) is 20.7. The summed E-state index contributed by atoms with van der Waals surface area (Å²) in [6.45, 7) is 8.21. The molecule has 1 unspecified atom stereocenters. The second-order valence-corrected chi connectivity index (χ2v) is 18.3. The van der Waals surface area contributed by atoms with E-state index in [1.165, 1.54) is 27.6 Å². The highest BCUT2D eigenvalue weighted by atomic mass is 32.2. The lowest BCUT2D eigenvalue weighted by Crippen LogP contribution is -2.42. The first kappa shape index (κ1) is 36.0. The van der Waals surface area contributed by atoms with Crippen LogP contribution in [0.15, 0.2) is 76.9 Å². The minimum Gasteiger partial charge on any atom is -0.376 e. The predicted octanol–water partition coefficient (Wildman–Crippen LogP) is 7.20. The third kappa shape index (κ3) is 5.49. The second kappa shape index (κ2) is 12.6. The highest BCUT2D eigenvalue weighted by molar-refractivity contribution is 7.89. The average Bonchev–Trinajstić information content (AvgIpc) is 4.00. The minimum absolute atomic E-state index is 0.0419. The van der Waals surface area contributed by atoms with Crippen LogP contribution in [0, 0.1) is 25.5 Å². The quantitative estimate of drug-likeness (QED) is 0.190. The van der Waals surface area contributed by atoms with Gasteiger partial charge in [-0.1, -0.05) is 6.07 Å². The number of aromatic nitrogens is 7. The molecule has 7 aromatic rings. The van der Waals surface area contributed by atoms with Gasteiger partial charge in [-0.25, -0.2) is 26.7 Å². The number of aryl methyl sites for hydroxylation is 3. The number of sulfonamides is 1. The van der Waals surface area contributed by atoms with E-state index >= 15 is 4.39 Å². The van der Waals surface area contributed by atoms with E-state index in [2.05, 4.69) is 36.1 Å². The normalized spacial score (nSPS) is 20.9. The summed E-state index contributed by atoms with van der Waals surface area (Å²) in [5.74, 6) is -0.312. The monoisotopic (exact) mass is 792 g/mol. The summed E-state index contributed by atoms with van der Waals surface area (Å²) < 4.78 is 73.9. The van der Waals surface area contributed by atoms with E-state index in [-0.39, 0.29) is 33.6 Å². The zero-order valence-corrected chi connectivity index (χ0v) is 33.1. The van der Waals surface area contributed by atoms with Crippen LogP contribution in [0.25, 0.3) is 39.0 Å². The van der Waals surface area contributed by atoms with Gasteiger partial charge in [0.25, 0.3) is 10.0 Å². The number of aromatic amines is 1. The van der Waals surface area contributed by atoms with E-state index in [0.717, 1.165) is 29.3 Å². The third-order valence-corrected chi connectivity index (χ3v) is 14.2. The molecular formula is C42H42F2N8O4S. The molecule has 294 valence electrons. The molecule has 0 radical (unpaired) electrons. The smallest absolute Gasteiger partial charge is 0.338 e. The lowest BCUT2D eigenvalue weighted by atomic mass is 9.83. The Morgan fingerprint density at radius 1 is 0.947 bits per heavy atom. The number of nitrogens with zero attached hydrogens (tertiary/aromatic N) is 7.